The van der Waals surface area contributed by atoms with Crippen LogP contribution in [0, 0.1) is 0 Å². The van der Waals surface area contributed by atoms with E-state index in [-0.39, 0.29) is 5.69 Å². The molecule has 0 fully saturated rings. The molecule has 0 saturated carbocycles. The molecule has 0 aliphatic rings. The van der Waals surface area contributed by atoms with Crippen molar-refractivity contribution in [3.05, 3.63) is 47.2 Å². The van der Waals surface area contributed by atoms with Gasteiger partial charge in [-0.15, -0.1) is 0 Å². The first kappa shape index (κ1) is 11.0. The topological polar surface area (TPSA) is 42.9 Å². The molecule has 0 amide bonds. The smallest absolute Gasteiger partial charge is 0.270 e. The third-order valence-electron chi connectivity index (χ3n) is 1.97. The predicted molar refractivity (Wildman–Crippen MR) is 62.7 cm³/mol. The Balaban J connectivity index is 2.53. The molecule has 3 nitrogen and oxygen atoms in total. The summed E-state index contributed by atoms with van der Waals surface area (Å²) < 4.78 is 0. The summed E-state index contributed by atoms with van der Waals surface area (Å²) in [5.41, 5.74) is 0.829. The molecule has 1 heterocycles. The van der Waals surface area contributed by atoms with Gasteiger partial charge < -0.3 is 0 Å². The Bertz CT molecular complexity index is 543. The van der Waals surface area contributed by atoms with Crippen LogP contribution in [-0.2, 0) is 0 Å². The molecule has 80 valence electrons. The fraction of sp³-hybridized carbons (Fsp3) is 0. The van der Waals surface area contributed by atoms with Gasteiger partial charge in [0.2, 0.25) is 0 Å². The molecule has 1 aromatic carbocycles. The van der Waals surface area contributed by atoms with Crippen molar-refractivity contribution in [2.75, 3.05) is 0 Å². The minimum atomic E-state index is -0.615. The van der Waals surface area contributed by atoms with Crippen LogP contribution in [0.4, 0.5) is 0 Å². The number of rotatable bonds is 2. The molecule has 0 aliphatic carbocycles. The highest BCUT2D eigenvalue weighted by Crippen LogP contribution is 2.24. The molecule has 0 spiro atoms. The van der Waals surface area contributed by atoms with Crippen molar-refractivity contribution in [2.24, 2.45) is 0 Å². The summed E-state index contributed by atoms with van der Waals surface area (Å²) in [5.74, 6) is 0.386. The number of carbonyl (C=O) groups is 1. The molecule has 16 heavy (non-hydrogen) atoms. The van der Waals surface area contributed by atoms with Crippen molar-refractivity contribution in [2.45, 2.75) is 0 Å². The van der Waals surface area contributed by atoms with E-state index in [0.717, 1.165) is 0 Å². The Morgan fingerprint density at radius 2 is 1.94 bits per heavy atom. The normalized spacial score (nSPS) is 10.1. The largest absolute Gasteiger partial charge is 0.274 e. The summed E-state index contributed by atoms with van der Waals surface area (Å²) in [6.07, 6.45) is 1.47. The van der Waals surface area contributed by atoms with E-state index in [0.29, 0.717) is 16.4 Å². The van der Waals surface area contributed by atoms with E-state index < -0.39 is 5.24 Å². The summed E-state index contributed by atoms with van der Waals surface area (Å²) in [6, 6.07) is 8.59. The van der Waals surface area contributed by atoms with Gasteiger partial charge in [0.05, 0.1) is 5.02 Å². The van der Waals surface area contributed by atoms with Gasteiger partial charge in [-0.25, -0.2) is 9.97 Å². The monoisotopic (exact) mass is 252 g/mol. The van der Waals surface area contributed by atoms with Crippen molar-refractivity contribution in [1.29, 1.82) is 0 Å². The van der Waals surface area contributed by atoms with Crippen molar-refractivity contribution in [3.8, 4) is 11.4 Å². The SMILES string of the molecule is O=C(Cl)c1ccnc(-c2ccccc2Cl)n1. The summed E-state index contributed by atoms with van der Waals surface area (Å²) >= 11 is 11.3. The second kappa shape index (κ2) is 4.60. The van der Waals surface area contributed by atoms with Crippen LogP contribution in [0.5, 0.6) is 0 Å². The summed E-state index contributed by atoms with van der Waals surface area (Å²) in [5, 5.41) is -0.0858. The number of nitrogens with zero attached hydrogens (tertiary/aromatic N) is 2. The third kappa shape index (κ3) is 2.21. The van der Waals surface area contributed by atoms with Gasteiger partial charge >= 0.3 is 0 Å². The summed E-state index contributed by atoms with van der Waals surface area (Å²) in [7, 11) is 0. The Hall–Kier alpha value is -1.45. The van der Waals surface area contributed by atoms with Crippen LogP contribution in [0.2, 0.25) is 5.02 Å². The zero-order chi connectivity index (χ0) is 11.5. The molecular weight excluding hydrogens is 247 g/mol. The molecule has 0 unspecified atom stereocenters. The second-order valence-corrected chi connectivity index (χ2v) is 3.77. The van der Waals surface area contributed by atoms with Crippen molar-refractivity contribution < 1.29 is 4.79 Å². The van der Waals surface area contributed by atoms with Gasteiger partial charge in [0, 0.05) is 11.8 Å². The molecular formula is C11H6Cl2N2O. The molecule has 0 N–H and O–H groups in total. The number of aromatic nitrogens is 2. The van der Waals surface area contributed by atoms with E-state index in [4.69, 9.17) is 23.2 Å². The van der Waals surface area contributed by atoms with Crippen LogP contribution in [0.25, 0.3) is 11.4 Å². The quantitative estimate of drug-likeness (QED) is 0.772. The minimum Gasteiger partial charge on any atom is -0.274 e. The predicted octanol–water partition coefficient (Wildman–Crippen LogP) is 3.18. The Morgan fingerprint density at radius 1 is 1.19 bits per heavy atom. The van der Waals surface area contributed by atoms with Gasteiger partial charge in [-0.05, 0) is 29.8 Å². The lowest BCUT2D eigenvalue weighted by molar-refractivity contribution is 0.107. The van der Waals surface area contributed by atoms with E-state index >= 15 is 0 Å². The van der Waals surface area contributed by atoms with Gasteiger partial charge in [0.1, 0.15) is 5.69 Å². The van der Waals surface area contributed by atoms with Gasteiger partial charge in [-0.3, -0.25) is 4.79 Å². The van der Waals surface area contributed by atoms with E-state index in [1.54, 1.807) is 12.1 Å². The molecule has 2 aromatic rings. The van der Waals surface area contributed by atoms with Crippen LogP contribution in [0.1, 0.15) is 10.5 Å². The molecule has 2 rings (SSSR count). The zero-order valence-corrected chi connectivity index (χ0v) is 9.53. The van der Waals surface area contributed by atoms with E-state index in [1.165, 1.54) is 12.3 Å². The maximum Gasteiger partial charge on any atom is 0.270 e. The Labute approximate surface area is 102 Å². The van der Waals surface area contributed by atoms with Crippen LogP contribution < -0.4 is 0 Å². The van der Waals surface area contributed by atoms with Gasteiger partial charge in [0.15, 0.2) is 5.82 Å². The van der Waals surface area contributed by atoms with Crippen LogP contribution >= 0.6 is 23.2 Å². The van der Waals surface area contributed by atoms with E-state index in [1.807, 2.05) is 12.1 Å². The van der Waals surface area contributed by atoms with Crippen LogP contribution in [-0.4, -0.2) is 15.2 Å². The standard InChI is InChI=1S/C11H6Cl2N2O/c12-8-4-2-1-3-7(8)11-14-6-5-9(15-11)10(13)16/h1-6H. The van der Waals surface area contributed by atoms with Gasteiger partial charge in [-0.2, -0.15) is 0 Å². The van der Waals surface area contributed by atoms with Crippen molar-refractivity contribution in [1.82, 2.24) is 9.97 Å². The zero-order valence-electron chi connectivity index (χ0n) is 8.02. The van der Waals surface area contributed by atoms with Crippen LogP contribution in [0.15, 0.2) is 36.5 Å². The number of hydrogen-bond donors (Lipinski definition) is 0. The first-order valence-corrected chi connectivity index (χ1v) is 5.22. The van der Waals surface area contributed by atoms with Gasteiger partial charge in [-0.1, -0.05) is 23.7 Å². The third-order valence-corrected chi connectivity index (χ3v) is 2.49. The highest BCUT2D eigenvalue weighted by atomic mass is 35.5. The highest BCUT2D eigenvalue weighted by Gasteiger charge is 2.09. The second-order valence-electron chi connectivity index (χ2n) is 3.02. The Kier molecular flexibility index (Phi) is 3.17. The number of benzene rings is 1. The summed E-state index contributed by atoms with van der Waals surface area (Å²) in [4.78, 5) is 19.0. The molecule has 0 bridgehead atoms. The number of carbonyl (C=O) groups excluding carboxylic acids is 1. The number of hydrogen-bond acceptors (Lipinski definition) is 3. The fourth-order valence-electron chi connectivity index (χ4n) is 1.24. The van der Waals surface area contributed by atoms with Crippen molar-refractivity contribution in [3.63, 3.8) is 0 Å². The molecule has 5 heteroatoms. The average molecular weight is 253 g/mol. The van der Waals surface area contributed by atoms with Crippen molar-refractivity contribution >= 4 is 28.4 Å². The first-order chi connectivity index (χ1) is 7.68. The molecule has 0 atom stereocenters. The lowest BCUT2D eigenvalue weighted by atomic mass is 10.2. The van der Waals surface area contributed by atoms with Crippen LogP contribution in [0.3, 0.4) is 0 Å². The summed E-state index contributed by atoms with van der Waals surface area (Å²) in [6.45, 7) is 0. The maximum absolute atomic E-state index is 11.0. The fourth-order valence-corrected chi connectivity index (χ4v) is 1.57. The van der Waals surface area contributed by atoms with E-state index in [9.17, 15) is 4.79 Å². The first-order valence-electron chi connectivity index (χ1n) is 4.46. The average Bonchev–Trinajstić information content (AvgIpc) is 2.30. The Morgan fingerprint density at radius 3 is 2.62 bits per heavy atom. The molecule has 0 saturated heterocycles. The highest BCUT2D eigenvalue weighted by molar-refractivity contribution is 6.67. The molecule has 0 aliphatic heterocycles. The minimum absolute atomic E-state index is 0.159. The maximum atomic E-state index is 11.0. The molecule has 1 aromatic heterocycles. The lowest BCUT2D eigenvalue weighted by Crippen LogP contribution is -1.97. The number of halogens is 2. The molecule has 0 radical (unpaired) electrons. The van der Waals surface area contributed by atoms with E-state index in [2.05, 4.69) is 9.97 Å². The lowest BCUT2D eigenvalue weighted by Gasteiger charge is -2.02. The van der Waals surface area contributed by atoms with Gasteiger partial charge in [0.25, 0.3) is 5.24 Å².